The number of sulfone groups is 1. The zero-order chi connectivity index (χ0) is 12.5. The van der Waals surface area contributed by atoms with E-state index in [2.05, 4.69) is 0 Å². The molecule has 2 atom stereocenters. The molecule has 0 spiro atoms. The van der Waals surface area contributed by atoms with Gasteiger partial charge in [-0.1, -0.05) is 25.1 Å². The molecule has 3 nitrogen and oxygen atoms in total. The van der Waals surface area contributed by atoms with Crippen molar-refractivity contribution in [2.24, 2.45) is 5.92 Å². The third kappa shape index (κ3) is 2.41. The van der Waals surface area contributed by atoms with Gasteiger partial charge in [0.15, 0.2) is 9.84 Å². The highest BCUT2D eigenvalue weighted by atomic mass is 32.2. The zero-order valence-electron chi connectivity index (χ0n) is 9.80. The molecule has 1 saturated carbocycles. The van der Waals surface area contributed by atoms with Crippen LogP contribution in [-0.4, -0.2) is 19.5 Å². The molecule has 17 heavy (non-hydrogen) atoms. The molecule has 0 bridgehead atoms. The second-order valence-corrected chi connectivity index (χ2v) is 6.82. The van der Waals surface area contributed by atoms with Crippen LogP contribution in [0.25, 0.3) is 0 Å². The Bertz CT molecular complexity index is 505. The summed E-state index contributed by atoms with van der Waals surface area (Å²) < 4.78 is 24.8. The molecule has 0 amide bonds. The Morgan fingerprint density at radius 3 is 2.47 bits per heavy atom. The van der Waals surface area contributed by atoms with E-state index in [4.69, 9.17) is 0 Å². The van der Waals surface area contributed by atoms with E-state index in [-0.39, 0.29) is 18.1 Å². The van der Waals surface area contributed by atoms with Crippen molar-refractivity contribution in [3.05, 3.63) is 30.3 Å². The van der Waals surface area contributed by atoms with Crippen LogP contribution in [0.15, 0.2) is 35.2 Å². The standard InChI is InChI=1S/C13H16O3S/c1-10-7-8-11(14)9-13(10)17(15,16)12-5-3-2-4-6-12/h2-6,10,13H,7-9H2,1H3/t10-,13?/m0/s1. The molecule has 4 heteroatoms. The first-order chi connectivity index (χ1) is 8.01. The van der Waals surface area contributed by atoms with Gasteiger partial charge in [-0.15, -0.1) is 0 Å². The fraction of sp³-hybridized carbons (Fsp3) is 0.462. The minimum absolute atomic E-state index is 0.0536. The number of rotatable bonds is 2. The summed E-state index contributed by atoms with van der Waals surface area (Å²) in [5.74, 6) is 0.116. The van der Waals surface area contributed by atoms with Gasteiger partial charge < -0.3 is 0 Å². The summed E-state index contributed by atoms with van der Waals surface area (Å²) in [7, 11) is -3.36. The Labute approximate surface area is 102 Å². The van der Waals surface area contributed by atoms with Gasteiger partial charge in [-0.2, -0.15) is 0 Å². The summed E-state index contributed by atoms with van der Waals surface area (Å²) in [6.45, 7) is 1.91. The monoisotopic (exact) mass is 252 g/mol. The van der Waals surface area contributed by atoms with Crippen LogP contribution in [-0.2, 0) is 14.6 Å². The van der Waals surface area contributed by atoms with E-state index in [0.717, 1.165) is 0 Å². The lowest BCUT2D eigenvalue weighted by Gasteiger charge is -2.27. The number of hydrogen-bond donors (Lipinski definition) is 0. The van der Waals surface area contributed by atoms with Gasteiger partial charge in [0.05, 0.1) is 10.1 Å². The molecule has 0 aliphatic heterocycles. The molecule has 0 radical (unpaired) electrons. The van der Waals surface area contributed by atoms with Gasteiger partial charge in [0.1, 0.15) is 5.78 Å². The average Bonchev–Trinajstić information content (AvgIpc) is 2.33. The molecule has 1 aliphatic rings. The highest BCUT2D eigenvalue weighted by Gasteiger charge is 2.36. The van der Waals surface area contributed by atoms with Gasteiger partial charge in [-0.3, -0.25) is 4.79 Å². The van der Waals surface area contributed by atoms with Crippen molar-refractivity contribution in [2.45, 2.75) is 36.3 Å². The Kier molecular flexibility index (Phi) is 3.33. The normalized spacial score (nSPS) is 25.8. The lowest BCUT2D eigenvalue weighted by atomic mass is 9.89. The van der Waals surface area contributed by atoms with Crippen molar-refractivity contribution < 1.29 is 13.2 Å². The second kappa shape index (κ2) is 4.61. The van der Waals surface area contributed by atoms with Crippen molar-refractivity contribution in [1.82, 2.24) is 0 Å². The van der Waals surface area contributed by atoms with E-state index >= 15 is 0 Å². The SMILES string of the molecule is C[C@H]1CCC(=O)CC1S(=O)(=O)c1ccccc1. The van der Waals surface area contributed by atoms with Crippen LogP contribution < -0.4 is 0 Å². The smallest absolute Gasteiger partial charge is 0.181 e. The predicted molar refractivity (Wildman–Crippen MR) is 65.4 cm³/mol. The Hall–Kier alpha value is -1.16. The van der Waals surface area contributed by atoms with Crippen LogP contribution in [0.1, 0.15) is 26.2 Å². The van der Waals surface area contributed by atoms with Crippen LogP contribution in [0.2, 0.25) is 0 Å². The molecule has 1 fully saturated rings. The molecule has 0 N–H and O–H groups in total. The van der Waals surface area contributed by atoms with E-state index < -0.39 is 15.1 Å². The van der Waals surface area contributed by atoms with E-state index in [9.17, 15) is 13.2 Å². The third-order valence-corrected chi connectivity index (χ3v) is 5.77. The first kappa shape index (κ1) is 12.3. The second-order valence-electron chi connectivity index (χ2n) is 4.66. The summed E-state index contributed by atoms with van der Waals surface area (Å²) in [4.78, 5) is 11.8. The van der Waals surface area contributed by atoms with E-state index in [1.54, 1.807) is 30.3 Å². The predicted octanol–water partition coefficient (Wildman–Crippen LogP) is 2.22. The highest BCUT2D eigenvalue weighted by molar-refractivity contribution is 7.92. The van der Waals surface area contributed by atoms with Crippen LogP contribution in [0, 0.1) is 5.92 Å². The summed E-state index contributed by atoms with van der Waals surface area (Å²) in [6.07, 6.45) is 1.36. The maximum atomic E-state index is 12.4. The average molecular weight is 252 g/mol. The number of hydrogen-bond acceptors (Lipinski definition) is 3. The van der Waals surface area contributed by atoms with Crippen molar-refractivity contribution in [1.29, 1.82) is 0 Å². The molecular weight excluding hydrogens is 236 g/mol. The van der Waals surface area contributed by atoms with E-state index in [0.29, 0.717) is 17.7 Å². The van der Waals surface area contributed by atoms with Gasteiger partial charge in [-0.05, 0) is 24.5 Å². The lowest BCUT2D eigenvalue weighted by molar-refractivity contribution is -0.120. The van der Waals surface area contributed by atoms with Crippen molar-refractivity contribution in [3.8, 4) is 0 Å². The summed E-state index contributed by atoms with van der Waals surface area (Å²) >= 11 is 0. The molecule has 1 aromatic rings. The largest absolute Gasteiger partial charge is 0.300 e. The van der Waals surface area contributed by atoms with Gasteiger partial charge >= 0.3 is 0 Å². The molecule has 0 saturated heterocycles. The lowest BCUT2D eigenvalue weighted by Crippen LogP contribution is -2.34. The summed E-state index contributed by atoms with van der Waals surface area (Å²) in [6, 6.07) is 8.40. The number of carbonyl (C=O) groups excluding carboxylic acids is 1. The van der Waals surface area contributed by atoms with Gasteiger partial charge in [0.25, 0.3) is 0 Å². The molecule has 0 aromatic heterocycles. The van der Waals surface area contributed by atoms with Crippen LogP contribution in [0.5, 0.6) is 0 Å². The first-order valence-electron chi connectivity index (χ1n) is 5.82. The number of Topliss-reactive ketones (excluding diaryl/α,β-unsaturated/α-hetero) is 1. The molecule has 92 valence electrons. The van der Waals surface area contributed by atoms with E-state index in [1.807, 2.05) is 6.92 Å². The molecule has 1 aromatic carbocycles. The summed E-state index contributed by atoms with van der Waals surface area (Å²) in [5, 5.41) is -0.550. The number of ketones is 1. The minimum Gasteiger partial charge on any atom is -0.300 e. The molecular formula is C13H16O3S. The fourth-order valence-corrected chi connectivity index (χ4v) is 4.34. The van der Waals surface area contributed by atoms with Crippen LogP contribution >= 0.6 is 0 Å². The van der Waals surface area contributed by atoms with Gasteiger partial charge in [0, 0.05) is 12.8 Å². The molecule has 2 rings (SSSR count). The minimum atomic E-state index is -3.36. The van der Waals surface area contributed by atoms with Gasteiger partial charge in [-0.25, -0.2) is 8.42 Å². The number of benzene rings is 1. The Morgan fingerprint density at radius 1 is 1.18 bits per heavy atom. The topological polar surface area (TPSA) is 51.2 Å². The zero-order valence-corrected chi connectivity index (χ0v) is 10.6. The maximum Gasteiger partial charge on any atom is 0.181 e. The maximum absolute atomic E-state index is 12.4. The van der Waals surface area contributed by atoms with Crippen LogP contribution in [0.4, 0.5) is 0 Å². The van der Waals surface area contributed by atoms with Crippen molar-refractivity contribution >= 4 is 15.6 Å². The number of carbonyl (C=O) groups is 1. The molecule has 1 aliphatic carbocycles. The molecule has 1 unspecified atom stereocenters. The van der Waals surface area contributed by atoms with Crippen LogP contribution in [0.3, 0.4) is 0 Å². The summed E-state index contributed by atoms with van der Waals surface area (Å²) in [5.41, 5.74) is 0. The Balaban J connectivity index is 2.35. The first-order valence-corrected chi connectivity index (χ1v) is 7.37. The highest BCUT2D eigenvalue weighted by Crippen LogP contribution is 2.31. The molecule has 0 heterocycles. The fourth-order valence-electron chi connectivity index (χ4n) is 2.30. The van der Waals surface area contributed by atoms with Crippen molar-refractivity contribution in [2.75, 3.05) is 0 Å². The van der Waals surface area contributed by atoms with Gasteiger partial charge in [0.2, 0.25) is 0 Å². The quantitative estimate of drug-likeness (QED) is 0.811. The Morgan fingerprint density at radius 2 is 1.82 bits per heavy atom. The van der Waals surface area contributed by atoms with Crippen molar-refractivity contribution in [3.63, 3.8) is 0 Å². The van der Waals surface area contributed by atoms with E-state index in [1.165, 1.54) is 0 Å². The third-order valence-electron chi connectivity index (χ3n) is 3.41.